The van der Waals surface area contributed by atoms with Crippen molar-refractivity contribution < 1.29 is 4.74 Å². The zero-order chi connectivity index (χ0) is 20.0. The van der Waals surface area contributed by atoms with Gasteiger partial charge >= 0.3 is 0 Å². The van der Waals surface area contributed by atoms with E-state index in [1.165, 1.54) is 18.4 Å². The lowest BCUT2D eigenvalue weighted by Crippen LogP contribution is -2.58. The topological polar surface area (TPSA) is 40.1 Å². The molecule has 0 saturated carbocycles. The maximum Gasteiger partial charge on any atom is 0.193 e. The zero-order valence-electron chi connectivity index (χ0n) is 18.6. The molecule has 2 heterocycles. The number of ether oxygens (including phenoxy) is 1. The number of nitrogens with one attached hydrogen (secondary N) is 1. The van der Waals surface area contributed by atoms with Gasteiger partial charge in [-0.2, -0.15) is 0 Å². The third kappa shape index (κ3) is 5.85. The Kier molecular flexibility index (Phi) is 9.69. The van der Waals surface area contributed by atoms with Crippen LogP contribution in [0.3, 0.4) is 0 Å². The number of halogens is 1. The Labute approximate surface area is 194 Å². The summed E-state index contributed by atoms with van der Waals surface area (Å²) in [6.45, 7) is 7.08. The highest BCUT2D eigenvalue weighted by Gasteiger charge is 2.36. The van der Waals surface area contributed by atoms with E-state index in [0.29, 0.717) is 11.8 Å². The molecule has 0 bridgehead atoms. The summed E-state index contributed by atoms with van der Waals surface area (Å²) >= 11 is 0. The Hall–Kier alpha value is -0.860. The van der Waals surface area contributed by atoms with E-state index in [1.807, 2.05) is 7.05 Å². The van der Waals surface area contributed by atoms with Gasteiger partial charge in [-0.25, -0.2) is 0 Å². The van der Waals surface area contributed by atoms with Gasteiger partial charge in [0.05, 0.1) is 0 Å². The van der Waals surface area contributed by atoms with Crippen LogP contribution < -0.4 is 5.32 Å². The molecule has 6 heteroatoms. The number of piperidine rings is 1. The van der Waals surface area contributed by atoms with Gasteiger partial charge < -0.3 is 19.9 Å². The maximum absolute atomic E-state index is 5.61. The maximum atomic E-state index is 5.61. The van der Waals surface area contributed by atoms with Gasteiger partial charge in [0, 0.05) is 45.4 Å². The van der Waals surface area contributed by atoms with Crippen LogP contribution in [0.5, 0.6) is 0 Å². The molecule has 2 atom stereocenters. The number of likely N-dealkylation sites (tertiary alicyclic amines) is 1. The summed E-state index contributed by atoms with van der Waals surface area (Å²) in [6, 6.07) is 11.0. The van der Waals surface area contributed by atoms with Gasteiger partial charge in [0.15, 0.2) is 5.96 Å². The molecular formula is C23H39IN4O. The van der Waals surface area contributed by atoms with Crippen molar-refractivity contribution in [2.24, 2.45) is 10.9 Å². The summed E-state index contributed by atoms with van der Waals surface area (Å²) in [5, 5.41) is 3.71. The summed E-state index contributed by atoms with van der Waals surface area (Å²) in [4.78, 5) is 9.47. The molecule has 0 radical (unpaired) electrons. The Morgan fingerprint density at radius 3 is 2.52 bits per heavy atom. The largest absolute Gasteiger partial charge is 0.381 e. The van der Waals surface area contributed by atoms with Gasteiger partial charge in [0.1, 0.15) is 0 Å². The molecule has 164 valence electrons. The van der Waals surface area contributed by atoms with Crippen LogP contribution in [0, 0.1) is 5.92 Å². The van der Waals surface area contributed by atoms with Crippen molar-refractivity contribution >= 4 is 29.9 Å². The van der Waals surface area contributed by atoms with E-state index in [0.717, 1.165) is 51.6 Å². The van der Waals surface area contributed by atoms with E-state index in [1.54, 1.807) is 0 Å². The normalized spacial score (nSPS) is 24.9. The van der Waals surface area contributed by atoms with Crippen LogP contribution in [0.2, 0.25) is 0 Å². The number of benzene rings is 1. The second-order valence-corrected chi connectivity index (χ2v) is 8.55. The lowest BCUT2D eigenvalue weighted by molar-refractivity contribution is -0.00535. The Morgan fingerprint density at radius 2 is 1.93 bits per heavy atom. The summed E-state index contributed by atoms with van der Waals surface area (Å²) in [5.41, 5.74) is 1.64. The fourth-order valence-corrected chi connectivity index (χ4v) is 4.89. The van der Waals surface area contributed by atoms with E-state index < -0.39 is 0 Å². The number of hydrogen-bond donors (Lipinski definition) is 1. The van der Waals surface area contributed by atoms with Crippen LogP contribution in [0.1, 0.15) is 44.1 Å². The number of guanidine groups is 1. The molecule has 29 heavy (non-hydrogen) atoms. The van der Waals surface area contributed by atoms with Gasteiger partial charge in [0.25, 0.3) is 0 Å². The molecular weight excluding hydrogens is 475 g/mol. The number of nitrogens with zero attached hydrogens (tertiary/aromatic N) is 3. The van der Waals surface area contributed by atoms with Crippen LogP contribution in [0.25, 0.3) is 0 Å². The molecule has 2 aliphatic heterocycles. The van der Waals surface area contributed by atoms with Crippen LogP contribution in [-0.4, -0.2) is 75.3 Å². The molecule has 1 aromatic rings. The number of rotatable bonds is 5. The van der Waals surface area contributed by atoms with Gasteiger partial charge in [-0.3, -0.25) is 4.99 Å². The van der Waals surface area contributed by atoms with E-state index in [-0.39, 0.29) is 29.5 Å². The highest BCUT2D eigenvalue weighted by molar-refractivity contribution is 14.0. The number of likely N-dealkylation sites (N-methyl/N-ethyl adjacent to an activating group) is 1. The Bertz CT molecular complexity index is 631. The van der Waals surface area contributed by atoms with Crippen molar-refractivity contribution in [1.29, 1.82) is 0 Å². The molecule has 1 aromatic carbocycles. The van der Waals surface area contributed by atoms with Crippen molar-refractivity contribution in [1.82, 2.24) is 15.1 Å². The summed E-state index contributed by atoms with van der Waals surface area (Å²) in [5.74, 6) is 2.38. The minimum atomic E-state index is 0. The summed E-state index contributed by atoms with van der Waals surface area (Å²) in [7, 11) is 6.29. The minimum Gasteiger partial charge on any atom is -0.381 e. The fourth-order valence-electron chi connectivity index (χ4n) is 4.89. The van der Waals surface area contributed by atoms with E-state index in [9.17, 15) is 0 Å². The van der Waals surface area contributed by atoms with Gasteiger partial charge in [0.2, 0.25) is 0 Å². The second-order valence-electron chi connectivity index (χ2n) is 8.55. The third-order valence-electron chi connectivity index (χ3n) is 6.95. The fraction of sp³-hybridized carbons (Fsp3) is 0.696. The van der Waals surface area contributed by atoms with E-state index >= 15 is 0 Å². The molecule has 0 aromatic heterocycles. The first-order chi connectivity index (χ1) is 13.6. The first-order valence-corrected chi connectivity index (χ1v) is 10.9. The van der Waals surface area contributed by atoms with Gasteiger partial charge in [-0.05, 0) is 50.8 Å². The van der Waals surface area contributed by atoms with Crippen LogP contribution in [0.15, 0.2) is 35.3 Å². The van der Waals surface area contributed by atoms with Crippen molar-refractivity contribution in [2.75, 3.05) is 54.0 Å². The van der Waals surface area contributed by atoms with Crippen LogP contribution in [0.4, 0.5) is 0 Å². The average Bonchev–Trinajstić information content (AvgIpc) is 2.75. The Morgan fingerprint density at radius 1 is 1.24 bits per heavy atom. The predicted molar refractivity (Wildman–Crippen MR) is 132 cm³/mol. The SMILES string of the molecule is CCC1CN(C(=NC)NCC2(N(C)C)CCOCC2)CCC1c1ccccc1.I. The molecule has 0 amide bonds. The first kappa shape index (κ1) is 24.4. The monoisotopic (exact) mass is 514 g/mol. The number of hydrogen-bond acceptors (Lipinski definition) is 3. The van der Waals surface area contributed by atoms with Crippen molar-refractivity contribution in [3.8, 4) is 0 Å². The highest BCUT2D eigenvalue weighted by Crippen LogP contribution is 2.35. The molecule has 3 rings (SSSR count). The number of aliphatic imine (C=N–C) groups is 1. The smallest absolute Gasteiger partial charge is 0.193 e. The zero-order valence-corrected chi connectivity index (χ0v) is 20.9. The Balaban J connectivity index is 0.00000300. The lowest BCUT2D eigenvalue weighted by Gasteiger charge is -2.45. The van der Waals surface area contributed by atoms with Crippen LogP contribution in [-0.2, 0) is 4.74 Å². The molecule has 0 spiro atoms. The van der Waals surface area contributed by atoms with Gasteiger partial charge in [-0.15, -0.1) is 24.0 Å². The molecule has 2 aliphatic rings. The van der Waals surface area contributed by atoms with E-state index in [2.05, 4.69) is 71.5 Å². The molecule has 0 aliphatic carbocycles. The third-order valence-corrected chi connectivity index (χ3v) is 6.95. The first-order valence-electron chi connectivity index (χ1n) is 10.9. The second kappa shape index (κ2) is 11.5. The summed E-state index contributed by atoms with van der Waals surface area (Å²) in [6.07, 6.45) is 4.53. The van der Waals surface area contributed by atoms with Crippen LogP contribution >= 0.6 is 24.0 Å². The van der Waals surface area contributed by atoms with Crippen molar-refractivity contribution in [3.05, 3.63) is 35.9 Å². The van der Waals surface area contributed by atoms with Crippen molar-refractivity contribution in [3.63, 3.8) is 0 Å². The predicted octanol–water partition coefficient (Wildman–Crippen LogP) is 3.81. The summed E-state index contributed by atoms with van der Waals surface area (Å²) < 4.78 is 5.61. The van der Waals surface area contributed by atoms with Gasteiger partial charge in [-0.1, -0.05) is 43.7 Å². The molecule has 1 N–H and O–H groups in total. The highest BCUT2D eigenvalue weighted by atomic mass is 127. The molecule has 2 saturated heterocycles. The van der Waals surface area contributed by atoms with E-state index in [4.69, 9.17) is 4.74 Å². The standard InChI is InChI=1S/C23H38N4O.HI/c1-5-19-17-27(14-11-21(19)20-9-7-6-8-10-20)22(24-2)25-18-23(26(3)4)12-15-28-16-13-23;/h6-10,19,21H,5,11-18H2,1-4H3,(H,24,25);1H. The molecule has 2 fully saturated rings. The minimum absolute atomic E-state index is 0. The lowest BCUT2D eigenvalue weighted by atomic mass is 9.79. The van der Waals surface area contributed by atoms with Crippen molar-refractivity contribution in [2.45, 2.75) is 44.1 Å². The average molecular weight is 514 g/mol. The quantitative estimate of drug-likeness (QED) is 0.369. The molecule has 5 nitrogen and oxygen atoms in total. The molecule has 2 unspecified atom stereocenters.